The van der Waals surface area contributed by atoms with E-state index in [1.807, 2.05) is 24.5 Å². The number of imidazole rings is 1. The molecule has 0 unspecified atom stereocenters. The van der Waals surface area contributed by atoms with Gasteiger partial charge in [0.25, 0.3) is 0 Å². The first-order valence-corrected chi connectivity index (χ1v) is 9.22. The number of benzene rings is 1. The lowest BCUT2D eigenvalue weighted by atomic mass is 10.2. The van der Waals surface area contributed by atoms with Gasteiger partial charge in [0.2, 0.25) is 0 Å². The van der Waals surface area contributed by atoms with Gasteiger partial charge in [-0.05, 0) is 24.6 Å². The van der Waals surface area contributed by atoms with Gasteiger partial charge in [-0.25, -0.2) is 9.37 Å². The molecule has 10 heteroatoms. The molecule has 2 N–H and O–H groups in total. The average Bonchev–Trinajstić information content (AvgIpc) is 3.33. The Balaban J connectivity index is 0.00000300. The van der Waals surface area contributed by atoms with Crippen molar-refractivity contribution in [2.24, 2.45) is 4.99 Å². The second-order valence-corrected chi connectivity index (χ2v) is 6.28. The maximum Gasteiger partial charge on any atom is 0.191 e. The fraction of sp³-hybridized carbons (Fsp3) is 0.368. The highest BCUT2D eigenvalue weighted by Gasteiger charge is 2.08. The van der Waals surface area contributed by atoms with Crippen molar-refractivity contribution in [2.75, 3.05) is 13.6 Å². The fourth-order valence-electron chi connectivity index (χ4n) is 2.93. The summed E-state index contributed by atoms with van der Waals surface area (Å²) in [6, 6.07) is 5.18. The van der Waals surface area contributed by atoms with E-state index in [0.29, 0.717) is 24.7 Å². The van der Waals surface area contributed by atoms with Crippen LogP contribution in [-0.2, 0) is 19.5 Å². The van der Waals surface area contributed by atoms with E-state index in [-0.39, 0.29) is 29.8 Å². The van der Waals surface area contributed by atoms with Gasteiger partial charge in [-0.1, -0.05) is 13.0 Å². The monoisotopic (exact) mass is 512 g/mol. The Morgan fingerprint density at radius 1 is 1.28 bits per heavy atom. The summed E-state index contributed by atoms with van der Waals surface area (Å²) in [5.74, 6) is 2.06. The van der Waals surface area contributed by atoms with E-state index in [1.54, 1.807) is 36.4 Å². The molecule has 0 radical (unpaired) electrons. The van der Waals surface area contributed by atoms with Gasteiger partial charge in [-0.3, -0.25) is 4.99 Å². The van der Waals surface area contributed by atoms with Crippen LogP contribution >= 0.6 is 24.0 Å². The quantitative estimate of drug-likeness (QED) is 0.289. The maximum absolute atomic E-state index is 14.5. The van der Waals surface area contributed by atoms with E-state index < -0.39 is 0 Å². The number of halogens is 2. The van der Waals surface area contributed by atoms with Crippen molar-refractivity contribution in [3.8, 4) is 5.69 Å². The summed E-state index contributed by atoms with van der Waals surface area (Å²) < 4.78 is 18.2. The Morgan fingerprint density at radius 2 is 2.10 bits per heavy atom. The lowest BCUT2D eigenvalue weighted by Crippen LogP contribution is -2.38. The summed E-state index contributed by atoms with van der Waals surface area (Å²) >= 11 is 0. The van der Waals surface area contributed by atoms with Crippen molar-refractivity contribution in [3.05, 3.63) is 59.9 Å². The van der Waals surface area contributed by atoms with Crippen LogP contribution in [0.15, 0.2) is 41.9 Å². The molecule has 2 heterocycles. The van der Waals surface area contributed by atoms with Crippen LogP contribution in [0.4, 0.5) is 4.39 Å². The number of aliphatic imine (C=N–C) groups is 1. The number of rotatable bonds is 7. The lowest BCUT2D eigenvalue weighted by Gasteiger charge is -2.13. The van der Waals surface area contributed by atoms with Crippen molar-refractivity contribution in [1.82, 2.24) is 34.9 Å². The van der Waals surface area contributed by atoms with E-state index in [0.717, 1.165) is 30.2 Å². The molecule has 0 aliphatic rings. The Labute approximate surface area is 186 Å². The van der Waals surface area contributed by atoms with Gasteiger partial charge in [-0.2, -0.15) is 0 Å². The number of aromatic nitrogens is 5. The first-order chi connectivity index (χ1) is 13.6. The van der Waals surface area contributed by atoms with E-state index in [4.69, 9.17) is 0 Å². The summed E-state index contributed by atoms with van der Waals surface area (Å²) in [5, 5.41) is 14.4. The van der Waals surface area contributed by atoms with Crippen molar-refractivity contribution in [2.45, 2.75) is 33.4 Å². The number of hydrogen-bond donors (Lipinski definition) is 2. The zero-order valence-corrected chi connectivity index (χ0v) is 19.1. The highest BCUT2D eigenvalue weighted by atomic mass is 127. The molecule has 0 spiro atoms. The Bertz CT molecular complexity index is 949. The van der Waals surface area contributed by atoms with Gasteiger partial charge >= 0.3 is 0 Å². The smallest absolute Gasteiger partial charge is 0.191 e. The molecule has 0 saturated carbocycles. The normalized spacial score (nSPS) is 11.2. The summed E-state index contributed by atoms with van der Waals surface area (Å²) in [6.07, 6.45) is 5.97. The second kappa shape index (κ2) is 10.9. The predicted octanol–water partition coefficient (Wildman–Crippen LogP) is 2.46. The molecule has 0 bridgehead atoms. The number of nitrogens with zero attached hydrogens (tertiary/aromatic N) is 6. The third-order valence-corrected chi connectivity index (χ3v) is 4.44. The molecule has 0 fully saturated rings. The Hall–Kier alpha value is -2.50. The van der Waals surface area contributed by atoms with Gasteiger partial charge in [-0.15, -0.1) is 34.2 Å². The molecular formula is C19H26FIN8. The van der Waals surface area contributed by atoms with Crippen molar-refractivity contribution < 1.29 is 4.39 Å². The molecule has 2 aromatic heterocycles. The van der Waals surface area contributed by atoms with Gasteiger partial charge in [0.1, 0.15) is 23.8 Å². The first kappa shape index (κ1) is 22.8. The molecule has 0 aliphatic heterocycles. The Kier molecular flexibility index (Phi) is 8.55. The van der Waals surface area contributed by atoms with Crippen LogP contribution in [0.1, 0.15) is 24.1 Å². The molecular weight excluding hydrogens is 486 g/mol. The maximum atomic E-state index is 14.5. The minimum absolute atomic E-state index is 0. The molecule has 3 aromatic rings. The van der Waals surface area contributed by atoms with Gasteiger partial charge < -0.3 is 19.8 Å². The molecule has 3 rings (SSSR count). The number of guanidine groups is 1. The molecule has 29 heavy (non-hydrogen) atoms. The third-order valence-electron chi connectivity index (χ3n) is 4.44. The summed E-state index contributed by atoms with van der Waals surface area (Å²) in [5.41, 5.74) is 1.32. The molecule has 156 valence electrons. The van der Waals surface area contributed by atoms with E-state index in [9.17, 15) is 4.39 Å². The van der Waals surface area contributed by atoms with Crippen LogP contribution in [-0.4, -0.2) is 43.9 Å². The fourth-order valence-corrected chi connectivity index (χ4v) is 2.93. The van der Waals surface area contributed by atoms with Crippen LogP contribution in [0.3, 0.4) is 0 Å². The molecule has 0 saturated heterocycles. The highest BCUT2D eigenvalue weighted by molar-refractivity contribution is 14.0. The topological polar surface area (TPSA) is 85.0 Å². The van der Waals surface area contributed by atoms with Crippen LogP contribution < -0.4 is 10.6 Å². The van der Waals surface area contributed by atoms with Crippen molar-refractivity contribution in [3.63, 3.8) is 0 Å². The van der Waals surface area contributed by atoms with E-state index in [1.165, 1.54) is 6.07 Å². The van der Waals surface area contributed by atoms with Gasteiger partial charge in [0.15, 0.2) is 5.96 Å². The largest absolute Gasteiger partial charge is 0.355 e. The minimum atomic E-state index is -0.289. The summed E-state index contributed by atoms with van der Waals surface area (Å²) in [4.78, 5) is 8.34. The summed E-state index contributed by atoms with van der Waals surface area (Å²) in [6.45, 7) is 5.77. The molecule has 0 atom stereocenters. The summed E-state index contributed by atoms with van der Waals surface area (Å²) in [7, 11) is 1.71. The molecule has 0 aliphatic carbocycles. The predicted molar refractivity (Wildman–Crippen MR) is 121 cm³/mol. The SMILES string of the molecule is CCc1nncn1CCNC(=NC)NCc1ccc(-n2ccnc2C)c(F)c1.I. The van der Waals surface area contributed by atoms with Gasteiger partial charge in [0.05, 0.1) is 5.69 Å². The van der Waals surface area contributed by atoms with Crippen molar-refractivity contribution in [1.29, 1.82) is 0 Å². The van der Waals surface area contributed by atoms with E-state index >= 15 is 0 Å². The molecule has 1 aromatic carbocycles. The van der Waals surface area contributed by atoms with Crippen LogP contribution in [0.25, 0.3) is 5.69 Å². The first-order valence-electron chi connectivity index (χ1n) is 9.22. The average molecular weight is 512 g/mol. The molecule has 8 nitrogen and oxygen atoms in total. The van der Waals surface area contributed by atoms with E-state index in [2.05, 4.69) is 30.8 Å². The zero-order valence-electron chi connectivity index (χ0n) is 16.8. The number of aryl methyl sites for hydroxylation is 2. The lowest BCUT2D eigenvalue weighted by molar-refractivity contribution is 0.612. The Morgan fingerprint density at radius 3 is 2.76 bits per heavy atom. The van der Waals surface area contributed by atoms with Crippen LogP contribution in [0, 0.1) is 12.7 Å². The van der Waals surface area contributed by atoms with Gasteiger partial charge in [0, 0.05) is 45.5 Å². The standard InChI is InChI=1S/C19H25FN8.HI/c1-4-18-26-25-13-27(18)9-7-23-19(21-3)24-12-15-5-6-17(16(20)11-15)28-10-8-22-14(28)2;/h5-6,8,10-11,13H,4,7,9,12H2,1-3H3,(H2,21,23,24);1H. The second-order valence-electron chi connectivity index (χ2n) is 6.28. The number of hydrogen-bond acceptors (Lipinski definition) is 4. The third kappa shape index (κ3) is 5.75. The van der Waals surface area contributed by atoms with Crippen LogP contribution in [0.2, 0.25) is 0 Å². The van der Waals surface area contributed by atoms with Crippen LogP contribution in [0.5, 0.6) is 0 Å². The highest BCUT2D eigenvalue weighted by Crippen LogP contribution is 2.16. The van der Waals surface area contributed by atoms with Crippen molar-refractivity contribution >= 4 is 29.9 Å². The number of nitrogens with one attached hydrogen (secondary N) is 2. The molecule has 0 amide bonds. The zero-order chi connectivity index (χ0) is 19.9. The minimum Gasteiger partial charge on any atom is -0.355 e.